The van der Waals surface area contributed by atoms with E-state index in [-0.39, 0.29) is 48.6 Å². The van der Waals surface area contributed by atoms with Gasteiger partial charge in [-0.2, -0.15) is 0 Å². The summed E-state index contributed by atoms with van der Waals surface area (Å²) in [5, 5.41) is 39.2. The minimum absolute atomic E-state index is 0.107. The topological polar surface area (TPSA) is 174 Å². The SMILES string of the molecule is COc1c(N(CCO)CCO)cc(C(=O)Nc2nnc(N/C(C)=C\C=N)s2)oc1=O. The number of hydrogen-bond acceptors (Lipinski definition) is 12. The number of hydrogen-bond donors (Lipinski definition) is 5. The van der Waals surface area contributed by atoms with Crippen LogP contribution in [0.3, 0.4) is 0 Å². The third-order valence-corrected chi connectivity index (χ3v) is 4.43. The summed E-state index contributed by atoms with van der Waals surface area (Å²) in [4.78, 5) is 26.3. The first-order chi connectivity index (χ1) is 14.4. The highest BCUT2D eigenvalue weighted by molar-refractivity contribution is 7.19. The van der Waals surface area contributed by atoms with E-state index in [4.69, 9.17) is 14.6 Å². The van der Waals surface area contributed by atoms with Crippen molar-refractivity contribution in [2.75, 3.05) is 48.9 Å². The monoisotopic (exact) mass is 438 g/mol. The Kier molecular flexibility index (Phi) is 8.46. The van der Waals surface area contributed by atoms with Crippen molar-refractivity contribution in [1.82, 2.24) is 10.2 Å². The van der Waals surface area contributed by atoms with Gasteiger partial charge in [0.25, 0.3) is 5.91 Å². The molecule has 12 nitrogen and oxygen atoms in total. The van der Waals surface area contributed by atoms with Crippen LogP contribution in [0.4, 0.5) is 16.0 Å². The van der Waals surface area contributed by atoms with Gasteiger partial charge in [-0.25, -0.2) is 4.79 Å². The van der Waals surface area contributed by atoms with E-state index in [9.17, 15) is 19.8 Å². The van der Waals surface area contributed by atoms with Crippen molar-refractivity contribution in [1.29, 1.82) is 5.41 Å². The summed E-state index contributed by atoms with van der Waals surface area (Å²) < 4.78 is 10.1. The minimum atomic E-state index is -0.881. The number of nitrogens with zero attached hydrogens (tertiary/aromatic N) is 3. The third-order valence-electron chi connectivity index (χ3n) is 3.68. The standard InChI is InChI=1S/C17H22N6O6S/c1-10(3-4-18)19-16-21-22-17(30-16)20-14(26)12-9-11(13(28-2)15(27)29-12)23(5-7-24)6-8-25/h3-4,9,18,24-25H,5-8H2,1-2H3,(H,19,21)(H,20,22,26)/b10-3-,18-4?. The lowest BCUT2D eigenvalue weighted by Gasteiger charge is -2.24. The lowest BCUT2D eigenvalue weighted by molar-refractivity contribution is 0.0991. The minimum Gasteiger partial charge on any atom is -0.488 e. The smallest absolute Gasteiger partial charge is 0.381 e. The van der Waals surface area contributed by atoms with Gasteiger partial charge in [-0.1, -0.05) is 11.3 Å². The molecule has 0 aliphatic carbocycles. The van der Waals surface area contributed by atoms with Crippen molar-refractivity contribution in [3.05, 3.63) is 34.0 Å². The average molecular weight is 438 g/mol. The van der Waals surface area contributed by atoms with Crippen LogP contribution in [0, 0.1) is 5.41 Å². The molecule has 0 radical (unpaired) electrons. The molecule has 2 heterocycles. The fourth-order valence-corrected chi connectivity index (χ4v) is 3.12. The highest BCUT2D eigenvalue weighted by atomic mass is 32.1. The van der Waals surface area contributed by atoms with Gasteiger partial charge in [-0.15, -0.1) is 10.2 Å². The maximum absolute atomic E-state index is 12.6. The van der Waals surface area contributed by atoms with E-state index in [0.717, 1.165) is 17.6 Å². The van der Waals surface area contributed by atoms with Crippen molar-refractivity contribution in [3.63, 3.8) is 0 Å². The number of anilines is 3. The van der Waals surface area contributed by atoms with Gasteiger partial charge in [-0.05, 0) is 13.0 Å². The van der Waals surface area contributed by atoms with Crippen LogP contribution >= 0.6 is 11.3 Å². The number of nitrogens with one attached hydrogen (secondary N) is 3. The number of amides is 1. The number of rotatable bonds is 11. The van der Waals surface area contributed by atoms with E-state index < -0.39 is 11.5 Å². The van der Waals surface area contributed by atoms with Crippen LogP contribution in [-0.2, 0) is 0 Å². The number of ether oxygens (including phenoxy) is 1. The van der Waals surface area contributed by atoms with Gasteiger partial charge in [0.15, 0.2) is 5.76 Å². The summed E-state index contributed by atoms with van der Waals surface area (Å²) in [5.41, 5.74) is -0.0141. The van der Waals surface area contributed by atoms with Crippen LogP contribution in [-0.4, -0.2) is 65.9 Å². The van der Waals surface area contributed by atoms with Gasteiger partial charge < -0.3 is 35.0 Å². The Morgan fingerprint density at radius 3 is 2.50 bits per heavy atom. The second-order valence-electron chi connectivity index (χ2n) is 5.76. The summed E-state index contributed by atoms with van der Waals surface area (Å²) in [6.45, 7) is 1.47. The van der Waals surface area contributed by atoms with Crippen molar-refractivity contribution in [3.8, 4) is 5.75 Å². The Bertz CT molecular complexity index is 966. The van der Waals surface area contributed by atoms with E-state index in [1.54, 1.807) is 6.92 Å². The number of carbonyl (C=O) groups excluding carboxylic acids is 1. The Morgan fingerprint density at radius 1 is 1.30 bits per heavy atom. The quantitative estimate of drug-likeness (QED) is 0.311. The summed E-state index contributed by atoms with van der Waals surface area (Å²) in [6.07, 6.45) is 2.64. The molecule has 0 saturated carbocycles. The largest absolute Gasteiger partial charge is 0.488 e. The van der Waals surface area contributed by atoms with Crippen molar-refractivity contribution in [2.45, 2.75) is 6.92 Å². The van der Waals surface area contributed by atoms with E-state index >= 15 is 0 Å². The van der Waals surface area contributed by atoms with Gasteiger partial charge >= 0.3 is 5.63 Å². The van der Waals surface area contributed by atoms with E-state index in [1.165, 1.54) is 24.2 Å². The van der Waals surface area contributed by atoms with Crippen LogP contribution in [0.25, 0.3) is 0 Å². The molecule has 2 aromatic heterocycles. The maximum Gasteiger partial charge on any atom is 0.381 e. The van der Waals surface area contributed by atoms with Crippen molar-refractivity contribution < 1.29 is 24.2 Å². The highest BCUT2D eigenvalue weighted by Gasteiger charge is 2.22. The molecule has 13 heteroatoms. The molecule has 2 rings (SSSR count). The van der Waals surface area contributed by atoms with Gasteiger partial charge in [0.1, 0.15) is 0 Å². The first-order valence-corrected chi connectivity index (χ1v) is 9.53. The molecule has 0 aliphatic heterocycles. The van der Waals surface area contributed by atoms with Crippen molar-refractivity contribution >= 4 is 39.4 Å². The second kappa shape index (κ2) is 11.0. The Morgan fingerprint density at radius 2 is 1.93 bits per heavy atom. The molecule has 162 valence electrons. The molecule has 1 amide bonds. The van der Waals surface area contributed by atoms with Gasteiger partial charge in [0.05, 0.1) is 26.0 Å². The van der Waals surface area contributed by atoms with Crippen molar-refractivity contribution in [2.24, 2.45) is 0 Å². The predicted octanol–water partition coefficient (Wildman–Crippen LogP) is 0.508. The summed E-state index contributed by atoms with van der Waals surface area (Å²) in [6, 6.07) is 1.29. The molecule has 0 aliphatic rings. The van der Waals surface area contributed by atoms with E-state index in [1.807, 2.05) is 0 Å². The second-order valence-corrected chi connectivity index (χ2v) is 6.74. The zero-order valence-electron chi connectivity index (χ0n) is 16.3. The molecule has 0 atom stereocenters. The van der Waals surface area contributed by atoms with Crippen LogP contribution in [0.2, 0.25) is 0 Å². The Hall–Kier alpha value is -3.29. The van der Waals surface area contributed by atoms with Gasteiger partial charge in [0, 0.05) is 31.1 Å². The lowest BCUT2D eigenvalue weighted by Crippen LogP contribution is -2.31. The number of aliphatic hydroxyl groups is 2. The third kappa shape index (κ3) is 5.85. The number of carbonyl (C=O) groups is 1. The summed E-state index contributed by atoms with van der Waals surface area (Å²) >= 11 is 1.05. The fourth-order valence-electron chi connectivity index (χ4n) is 2.42. The summed E-state index contributed by atoms with van der Waals surface area (Å²) in [5.74, 6) is -1.19. The number of methoxy groups -OCH3 is 1. The zero-order valence-corrected chi connectivity index (χ0v) is 17.2. The molecule has 30 heavy (non-hydrogen) atoms. The van der Waals surface area contributed by atoms with Crippen LogP contribution in [0.5, 0.6) is 5.75 Å². The highest BCUT2D eigenvalue weighted by Crippen LogP contribution is 2.27. The Balaban J connectivity index is 2.27. The van der Waals surface area contributed by atoms with Crippen LogP contribution in [0.1, 0.15) is 17.5 Å². The predicted molar refractivity (Wildman–Crippen MR) is 112 cm³/mol. The number of allylic oxidation sites excluding steroid dienone is 2. The number of aliphatic hydroxyl groups excluding tert-OH is 2. The number of aromatic nitrogens is 2. The molecule has 0 bridgehead atoms. The average Bonchev–Trinajstić information content (AvgIpc) is 3.13. The van der Waals surface area contributed by atoms with E-state index in [2.05, 4.69) is 20.8 Å². The molecular weight excluding hydrogens is 416 g/mol. The molecule has 0 aromatic carbocycles. The molecular formula is C17H22N6O6S. The normalized spacial score (nSPS) is 11.1. The maximum atomic E-state index is 12.6. The molecule has 0 unspecified atom stereocenters. The lowest BCUT2D eigenvalue weighted by atomic mass is 10.2. The van der Waals surface area contributed by atoms with Crippen LogP contribution < -0.4 is 25.9 Å². The molecule has 0 spiro atoms. The molecule has 0 saturated heterocycles. The first kappa shape index (κ1) is 23.0. The van der Waals surface area contributed by atoms with Crippen LogP contribution in [0.15, 0.2) is 27.1 Å². The molecule has 2 aromatic rings. The summed E-state index contributed by atoms with van der Waals surface area (Å²) in [7, 11) is 1.27. The fraction of sp³-hybridized carbons (Fsp3) is 0.353. The zero-order chi connectivity index (χ0) is 22.1. The van der Waals surface area contributed by atoms with Gasteiger partial charge in [0.2, 0.25) is 16.0 Å². The van der Waals surface area contributed by atoms with E-state index in [0.29, 0.717) is 10.8 Å². The molecule has 0 fully saturated rings. The first-order valence-electron chi connectivity index (χ1n) is 8.71. The molecule has 5 N–H and O–H groups in total. The Labute approximate surface area is 175 Å². The van der Waals surface area contributed by atoms with Gasteiger partial charge in [-0.3, -0.25) is 10.1 Å².